The molecule has 1 saturated heterocycles. The zero-order chi connectivity index (χ0) is 14.2. The minimum Gasteiger partial charge on any atom is -0.444 e. The van der Waals surface area contributed by atoms with Crippen LogP contribution in [0.4, 0.5) is 4.79 Å². The van der Waals surface area contributed by atoms with Crippen LogP contribution in [0.1, 0.15) is 33.6 Å². The van der Waals surface area contributed by atoms with Gasteiger partial charge in [-0.2, -0.15) is 8.42 Å². The van der Waals surface area contributed by atoms with Gasteiger partial charge in [0.15, 0.2) is 4.93 Å². The van der Waals surface area contributed by atoms with E-state index < -0.39 is 26.7 Å². The van der Waals surface area contributed by atoms with Crippen LogP contribution in [-0.4, -0.2) is 52.7 Å². The van der Waals surface area contributed by atoms with E-state index in [9.17, 15) is 18.3 Å². The monoisotopic (exact) mass is 281 g/mol. The number of rotatable bonds is 1. The molecule has 0 radical (unpaired) electrons. The normalized spacial score (nSPS) is 20.6. The van der Waals surface area contributed by atoms with Crippen molar-refractivity contribution in [3.05, 3.63) is 0 Å². The summed E-state index contributed by atoms with van der Waals surface area (Å²) in [5.74, 6) is 0. The first-order valence-corrected chi connectivity index (χ1v) is 7.06. The maximum Gasteiger partial charge on any atom is 0.410 e. The number of hydrogen-bond donors (Lipinski definition) is 2. The fourth-order valence-corrected chi connectivity index (χ4v) is 2.32. The van der Waals surface area contributed by atoms with Gasteiger partial charge in [0.25, 0.3) is 10.1 Å². The molecular weight excluding hydrogens is 262 g/mol. The number of piperidine rings is 1. The lowest BCUT2D eigenvalue weighted by atomic mass is 10.1. The summed E-state index contributed by atoms with van der Waals surface area (Å²) in [7, 11) is -4.53. The van der Waals surface area contributed by atoms with E-state index in [-0.39, 0.29) is 25.9 Å². The molecule has 0 spiro atoms. The number of carbonyl (C=O) groups is 1. The smallest absolute Gasteiger partial charge is 0.410 e. The van der Waals surface area contributed by atoms with Gasteiger partial charge >= 0.3 is 6.09 Å². The first-order chi connectivity index (χ1) is 7.95. The lowest BCUT2D eigenvalue weighted by Gasteiger charge is -2.36. The molecule has 1 aliphatic heterocycles. The first kappa shape index (κ1) is 15.2. The van der Waals surface area contributed by atoms with Gasteiger partial charge in [-0.1, -0.05) is 0 Å². The molecule has 7 nitrogen and oxygen atoms in total. The Morgan fingerprint density at radius 2 is 1.72 bits per heavy atom. The van der Waals surface area contributed by atoms with E-state index in [1.807, 2.05) is 0 Å². The van der Waals surface area contributed by atoms with Crippen LogP contribution in [0, 0.1) is 0 Å². The summed E-state index contributed by atoms with van der Waals surface area (Å²) in [6, 6.07) is 0. The lowest BCUT2D eigenvalue weighted by Crippen LogP contribution is -2.51. The van der Waals surface area contributed by atoms with E-state index in [0.29, 0.717) is 0 Å². The molecule has 0 atom stereocenters. The number of carbonyl (C=O) groups excluding carboxylic acids is 1. The summed E-state index contributed by atoms with van der Waals surface area (Å²) in [6.45, 7) is 5.21. The van der Waals surface area contributed by atoms with Gasteiger partial charge in [-0.25, -0.2) is 4.79 Å². The molecule has 1 rings (SSSR count). The molecule has 0 unspecified atom stereocenters. The summed E-state index contributed by atoms with van der Waals surface area (Å²) in [5, 5.41) is 9.72. The van der Waals surface area contributed by atoms with E-state index in [2.05, 4.69) is 0 Å². The summed E-state index contributed by atoms with van der Waals surface area (Å²) >= 11 is 0. The van der Waals surface area contributed by atoms with Crippen LogP contribution in [0.25, 0.3) is 0 Å². The second-order valence-corrected chi connectivity index (χ2v) is 7.10. The van der Waals surface area contributed by atoms with Gasteiger partial charge in [0, 0.05) is 25.9 Å². The van der Waals surface area contributed by atoms with Gasteiger partial charge < -0.3 is 14.7 Å². The fraction of sp³-hybridized carbons (Fsp3) is 0.900. The second kappa shape index (κ2) is 4.67. The van der Waals surface area contributed by atoms with Gasteiger partial charge in [-0.15, -0.1) is 0 Å². The molecule has 0 aromatic rings. The predicted octanol–water partition coefficient (Wildman–Crippen LogP) is 0.594. The third-order valence-corrected chi connectivity index (χ3v) is 4.05. The van der Waals surface area contributed by atoms with Crippen molar-refractivity contribution in [1.82, 2.24) is 4.90 Å². The Morgan fingerprint density at radius 3 is 2.06 bits per heavy atom. The lowest BCUT2D eigenvalue weighted by molar-refractivity contribution is -0.000650. The van der Waals surface area contributed by atoms with E-state index >= 15 is 0 Å². The van der Waals surface area contributed by atoms with Gasteiger partial charge in [0.1, 0.15) is 5.60 Å². The highest BCUT2D eigenvalue weighted by molar-refractivity contribution is 7.87. The average Bonchev–Trinajstić information content (AvgIpc) is 2.14. The van der Waals surface area contributed by atoms with Crippen LogP contribution in [0.5, 0.6) is 0 Å². The molecule has 0 aliphatic carbocycles. The standard InChI is InChI=1S/C10H19NO6S/c1-9(2,3)17-8(12)11-6-4-10(13,5-7-11)18(14,15)16/h13H,4-7H2,1-3H3,(H,14,15,16). The van der Waals surface area contributed by atoms with Crippen LogP contribution >= 0.6 is 0 Å². The van der Waals surface area contributed by atoms with Crippen LogP contribution in [-0.2, 0) is 14.9 Å². The topological polar surface area (TPSA) is 104 Å². The summed E-state index contributed by atoms with van der Waals surface area (Å²) in [6.07, 6.45) is -1.02. The maximum atomic E-state index is 11.7. The minimum absolute atomic E-state index is 0.0191. The summed E-state index contributed by atoms with van der Waals surface area (Å²) in [5.41, 5.74) is -0.631. The van der Waals surface area contributed by atoms with Gasteiger partial charge in [0.05, 0.1) is 0 Å². The zero-order valence-electron chi connectivity index (χ0n) is 10.7. The molecule has 8 heteroatoms. The largest absolute Gasteiger partial charge is 0.444 e. The van der Waals surface area contributed by atoms with Crippen molar-refractivity contribution in [1.29, 1.82) is 0 Å². The molecule has 0 bridgehead atoms. The van der Waals surface area contributed by atoms with E-state index in [1.54, 1.807) is 20.8 Å². The molecule has 2 N–H and O–H groups in total. The van der Waals surface area contributed by atoms with Crippen LogP contribution in [0.3, 0.4) is 0 Å². The predicted molar refractivity (Wildman–Crippen MR) is 63.5 cm³/mol. The van der Waals surface area contributed by atoms with Crippen molar-refractivity contribution in [3.8, 4) is 0 Å². The Hall–Kier alpha value is -0.860. The minimum atomic E-state index is -4.53. The molecule has 0 aromatic heterocycles. The van der Waals surface area contributed by atoms with Crippen molar-refractivity contribution < 1.29 is 27.6 Å². The van der Waals surface area contributed by atoms with E-state index in [0.717, 1.165) is 0 Å². The molecule has 106 valence electrons. The number of aliphatic hydroxyl groups is 1. The highest BCUT2D eigenvalue weighted by Crippen LogP contribution is 2.27. The molecule has 18 heavy (non-hydrogen) atoms. The number of likely N-dealkylation sites (tertiary alicyclic amines) is 1. The maximum absolute atomic E-state index is 11.7. The molecule has 1 amide bonds. The molecule has 1 aliphatic rings. The van der Waals surface area contributed by atoms with Gasteiger partial charge in [-0.3, -0.25) is 4.55 Å². The van der Waals surface area contributed by atoms with Crippen LogP contribution in [0.15, 0.2) is 0 Å². The first-order valence-electron chi connectivity index (χ1n) is 5.62. The van der Waals surface area contributed by atoms with Gasteiger partial charge in [-0.05, 0) is 20.8 Å². The summed E-state index contributed by atoms with van der Waals surface area (Å²) < 4.78 is 36.0. The quantitative estimate of drug-likeness (QED) is 0.682. The van der Waals surface area contributed by atoms with Crippen molar-refractivity contribution in [3.63, 3.8) is 0 Å². The van der Waals surface area contributed by atoms with Crippen LogP contribution in [0.2, 0.25) is 0 Å². The van der Waals surface area contributed by atoms with E-state index in [1.165, 1.54) is 4.90 Å². The van der Waals surface area contributed by atoms with Crippen molar-refractivity contribution >= 4 is 16.2 Å². The van der Waals surface area contributed by atoms with Crippen molar-refractivity contribution in [2.45, 2.75) is 44.1 Å². The second-order valence-electron chi connectivity index (χ2n) is 5.39. The van der Waals surface area contributed by atoms with Crippen LogP contribution < -0.4 is 0 Å². The Morgan fingerprint density at radius 1 is 1.28 bits per heavy atom. The van der Waals surface area contributed by atoms with Crippen molar-refractivity contribution in [2.24, 2.45) is 0 Å². The Labute approximate surface area is 106 Å². The molecule has 0 saturated carbocycles. The zero-order valence-corrected chi connectivity index (χ0v) is 11.5. The third-order valence-electron chi connectivity index (χ3n) is 2.68. The molecule has 1 fully saturated rings. The summed E-state index contributed by atoms with van der Waals surface area (Å²) in [4.78, 5) is 10.8. The number of nitrogens with zero attached hydrogens (tertiary/aromatic N) is 1. The average molecular weight is 281 g/mol. The molecule has 1 heterocycles. The highest BCUT2D eigenvalue weighted by atomic mass is 32.2. The van der Waals surface area contributed by atoms with E-state index in [4.69, 9.17) is 9.29 Å². The number of amides is 1. The van der Waals surface area contributed by atoms with Gasteiger partial charge in [0.2, 0.25) is 0 Å². The highest BCUT2D eigenvalue weighted by Gasteiger charge is 2.44. The fourth-order valence-electron chi connectivity index (χ4n) is 1.62. The van der Waals surface area contributed by atoms with Crippen molar-refractivity contribution in [2.75, 3.05) is 13.1 Å². The Balaban J connectivity index is 2.63. The number of hydrogen-bond acceptors (Lipinski definition) is 5. The Bertz CT molecular complexity index is 416. The molecule has 0 aromatic carbocycles. The Kier molecular flexibility index (Phi) is 3.94. The SMILES string of the molecule is CC(C)(C)OC(=O)N1CCC(O)(S(=O)(=O)O)CC1. The molecular formula is C10H19NO6S. The third kappa shape index (κ3) is 3.56. The number of ether oxygens (including phenoxy) is 1.